The van der Waals surface area contributed by atoms with E-state index in [4.69, 9.17) is 0 Å². The van der Waals surface area contributed by atoms with Crippen molar-refractivity contribution in [3.8, 4) is 0 Å². The molecule has 0 N–H and O–H groups in total. The summed E-state index contributed by atoms with van der Waals surface area (Å²) in [5, 5.41) is 1.23. The number of rotatable bonds is 3. The number of hydrogen-bond donors (Lipinski definition) is 0. The van der Waals surface area contributed by atoms with Crippen LogP contribution in [0.1, 0.15) is 11.1 Å². The van der Waals surface area contributed by atoms with Crippen LogP contribution in [0.25, 0.3) is 10.9 Å². The monoisotopic (exact) mass is 337 g/mol. The number of nitrogens with zero attached hydrogens (tertiary/aromatic N) is 5. The maximum absolute atomic E-state index is 13.0. The summed E-state index contributed by atoms with van der Waals surface area (Å²) in [6.07, 6.45) is 4.29. The van der Waals surface area contributed by atoms with E-state index < -0.39 is 5.82 Å². The molecule has 1 aromatic carbocycles. The van der Waals surface area contributed by atoms with Crippen LogP contribution in [0.2, 0.25) is 0 Å². The molecule has 1 aliphatic rings. The smallest absolute Gasteiger partial charge is 0.225 e. The fourth-order valence-electron chi connectivity index (χ4n) is 3.33. The van der Waals surface area contributed by atoms with Gasteiger partial charge >= 0.3 is 0 Å². The Bertz CT molecular complexity index is 873. The lowest BCUT2D eigenvalue weighted by Gasteiger charge is -2.34. The molecule has 0 bridgehead atoms. The van der Waals surface area contributed by atoms with Gasteiger partial charge in [0.2, 0.25) is 5.95 Å². The number of fused-ring (bicyclic) bond motifs is 1. The maximum atomic E-state index is 13.0. The lowest BCUT2D eigenvalue weighted by Crippen LogP contribution is -2.46. The van der Waals surface area contributed by atoms with Crippen molar-refractivity contribution in [3.05, 3.63) is 59.8 Å². The summed E-state index contributed by atoms with van der Waals surface area (Å²) in [5.41, 5.74) is 3.59. The fraction of sp³-hybridized carbons (Fsp3) is 0.316. The standard InChI is InChI=1S/C19H20FN5/c1-14-4-5-15(17-3-2-6-21-18(14)17)13-24-7-9-25(10-8-24)19-22-11-16(20)12-23-19/h2-6,11-12H,7-10,13H2,1H3. The fourth-order valence-corrected chi connectivity index (χ4v) is 3.33. The lowest BCUT2D eigenvalue weighted by atomic mass is 10.0. The summed E-state index contributed by atoms with van der Waals surface area (Å²) in [6, 6.07) is 8.49. The highest BCUT2D eigenvalue weighted by molar-refractivity contribution is 5.84. The topological polar surface area (TPSA) is 45.2 Å². The van der Waals surface area contributed by atoms with Gasteiger partial charge in [-0.1, -0.05) is 18.2 Å². The van der Waals surface area contributed by atoms with E-state index in [0.29, 0.717) is 5.95 Å². The minimum atomic E-state index is -0.401. The molecule has 0 amide bonds. The zero-order chi connectivity index (χ0) is 17.2. The molecular weight excluding hydrogens is 317 g/mol. The second kappa shape index (κ2) is 6.72. The van der Waals surface area contributed by atoms with E-state index in [-0.39, 0.29) is 0 Å². The number of aromatic nitrogens is 3. The van der Waals surface area contributed by atoms with Crippen molar-refractivity contribution in [2.75, 3.05) is 31.1 Å². The summed E-state index contributed by atoms with van der Waals surface area (Å²) in [4.78, 5) is 17.2. The van der Waals surface area contributed by atoms with E-state index >= 15 is 0 Å². The van der Waals surface area contributed by atoms with E-state index in [1.165, 1.54) is 28.9 Å². The van der Waals surface area contributed by atoms with Gasteiger partial charge in [0.05, 0.1) is 17.9 Å². The molecule has 1 fully saturated rings. The Hall–Kier alpha value is -2.60. The molecule has 128 valence electrons. The number of aryl methyl sites for hydroxylation is 1. The zero-order valence-electron chi connectivity index (χ0n) is 14.2. The normalized spacial score (nSPS) is 15.7. The van der Waals surface area contributed by atoms with Gasteiger partial charge in [0.25, 0.3) is 0 Å². The van der Waals surface area contributed by atoms with Crippen LogP contribution < -0.4 is 4.90 Å². The van der Waals surface area contributed by atoms with Crippen LogP contribution in [-0.4, -0.2) is 46.0 Å². The number of piperazine rings is 1. The molecule has 0 radical (unpaired) electrons. The summed E-state index contributed by atoms with van der Waals surface area (Å²) in [7, 11) is 0. The van der Waals surface area contributed by atoms with Gasteiger partial charge in [-0.15, -0.1) is 0 Å². The first-order valence-electron chi connectivity index (χ1n) is 8.49. The highest BCUT2D eigenvalue weighted by Gasteiger charge is 2.19. The first kappa shape index (κ1) is 15.9. The molecule has 0 aliphatic carbocycles. The Morgan fingerprint density at radius 2 is 1.76 bits per heavy atom. The van der Waals surface area contributed by atoms with Gasteiger partial charge in [0.15, 0.2) is 5.82 Å². The first-order valence-corrected chi connectivity index (χ1v) is 8.49. The summed E-state index contributed by atoms with van der Waals surface area (Å²) < 4.78 is 13.0. The Morgan fingerprint density at radius 3 is 2.52 bits per heavy atom. The third-order valence-corrected chi connectivity index (χ3v) is 4.72. The molecule has 4 rings (SSSR count). The van der Waals surface area contributed by atoms with Crippen molar-refractivity contribution in [1.29, 1.82) is 0 Å². The van der Waals surface area contributed by atoms with E-state index in [1.54, 1.807) is 0 Å². The Morgan fingerprint density at radius 1 is 1.00 bits per heavy atom. The van der Waals surface area contributed by atoms with Crippen molar-refractivity contribution in [2.24, 2.45) is 0 Å². The molecule has 6 heteroatoms. The van der Waals surface area contributed by atoms with Crippen molar-refractivity contribution in [2.45, 2.75) is 13.5 Å². The molecule has 5 nitrogen and oxygen atoms in total. The van der Waals surface area contributed by atoms with E-state index in [2.05, 4.69) is 49.9 Å². The Labute approximate surface area is 146 Å². The third-order valence-electron chi connectivity index (χ3n) is 4.72. The van der Waals surface area contributed by atoms with Gasteiger partial charge in [-0.05, 0) is 24.1 Å². The van der Waals surface area contributed by atoms with E-state index in [9.17, 15) is 4.39 Å². The third kappa shape index (κ3) is 3.30. The Kier molecular flexibility index (Phi) is 4.28. The highest BCUT2D eigenvalue weighted by Crippen LogP contribution is 2.22. The van der Waals surface area contributed by atoms with Gasteiger partial charge in [0.1, 0.15) is 0 Å². The lowest BCUT2D eigenvalue weighted by molar-refractivity contribution is 0.249. The molecule has 2 aromatic heterocycles. The van der Waals surface area contributed by atoms with Gasteiger partial charge in [-0.25, -0.2) is 14.4 Å². The molecule has 0 spiro atoms. The number of pyridine rings is 1. The van der Waals surface area contributed by atoms with Crippen LogP contribution in [0.3, 0.4) is 0 Å². The number of benzene rings is 1. The van der Waals surface area contributed by atoms with Gasteiger partial charge in [0, 0.05) is 44.3 Å². The molecule has 3 aromatic rings. The highest BCUT2D eigenvalue weighted by atomic mass is 19.1. The van der Waals surface area contributed by atoms with Crippen molar-refractivity contribution >= 4 is 16.9 Å². The molecule has 1 saturated heterocycles. The number of hydrogen-bond acceptors (Lipinski definition) is 5. The first-order chi connectivity index (χ1) is 12.2. The second-order valence-corrected chi connectivity index (χ2v) is 6.41. The van der Waals surface area contributed by atoms with E-state index in [0.717, 1.165) is 38.2 Å². The van der Waals surface area contributed by atoms with Gasteiger partial charge < -0.3 is 4.90 Å². The maximum Gasteiger partial charge on any atom is 0.225 e. The van der Waals surface area contributed by atoms with Gasteiger partial charge in [-0.2, -0.15) is 0 Å². The summed E-state index contributed by atoms with van der Waals surface area (Å²) in [5.74, 6) is 0.202. The zero-order valence-corrected chi connectivity index (χ0v) is 14.2. The molecule has 25 heavy (non-hydrogen) atoms. The summed E-state index contributed by atoms with van der Waals surface area (Å²) >= 11 is 0. The minimum Gasteiger partial charge on any atom is -0.338 e. The molecule has 0 unspecified atom stereocenters. The molecule has 0 saturated carbocycles. The number of halogens is 1. The molecule has 1 aliphatic heterocycles. The van der Waals surface area contributed by atoms with Crippen molar-refractivity contribution < 1.29 is 4.39 Å². The molecule has 3 heterocycles. The predicted molar refractivity (Wildman–Crippen MR) is 96.0 cm³/mol. The van der Waals surface area contributed by atoms with Crippen LogP contribution in [0.4, 0.5) is 10.3 Å². The average molecular weight is 337 g/mol. The van der Waals surface area contributed by atoms with Crippen LogP contribution >= 0.6 is 0 Å². The number of anilines is 1. The quantitative estimate of drug-likeness (QED) is 0.735. The van der Waals surface area contributed by atoms with E-state index in [1.807, 2.05) is 12.3 Å². The largest absolute Gasteiger partial charge is 0.338 e. The van der Waals surface area contributed by atoms with Crippen molar-refractivity contribution in [3.63, 3.8) is 0 Å². The minimum absolute atomic E-state index is 0.401. The summed E-state index contributed by atoms with van der Waals surface area (Å²) in [6.45, 7) is 6.54. The van der Waals surface area contributed by atoms with Gasteiger partial charge in [-0.3, -0.25) is 9.88 Å². The predicted octanol–water partition coefficient (Wildman–Crippen LogP) is 2.79. The second-order valence-electron chi connectivity index (χ2n) is 6.41. The SMILES string of the molecule is Cc1ccc(CN2CCN(c3ncc(F)cn3)CC2)c2cccnc12. The van der Waals surface area contributed by atoms with Crippen LogP contribution in [0, 0.1) is 12.7 Å². The average Bonchev–Trinajstić information content (AvgIpc) is 2.66. The van der Waals surface area contributed by atoms with Crippen LogP contribution in [0.5, 0.6) is 0 Å². The Balaban J connectivity index is 1.45. The molecular formula is C19H20FN5. The van der Waals surface area contributed by atoms with Crippen LogP contribution in [0.15, 0.2) is 42.9 Å². The molecule has 0 atom stereocenters. The van der Waals surface area contributed by atoms with Crippen molar-refractivity contribution in [1.82, 2.24) is 19.9 Å². The van der Waals surface area contributed by atoms with Crippen LogP contribution in [-0.2, 0) is 6.54 Å².